The second-order valence-electron chi connectivity index (χ2n) is 10.8. The summed E-state index contributed by atoms with van der Waals surface area (Å²) in [4.78, 5) is 13.5. The maximum atomic E-state index is 12.6. The van der Waals surface area contributed by atoms with Crippen LogP contribution in [-0.2, 0) is 18.3 Å². The fourth-order valence-electron chi connectivity index (χ4n) is 4.75. The number of alkyl halides is 3. The zero-order valence-corrected chi connectivity index (χ0v) is 24.8. The van der Waals surface area contributed by atoms with Crippen LogP contribution in [0.3, 0.4) is 0 Å². The maximum Gasteiger partial charge on any atom is 0.407 e. The van der Waals surface area contributed by atoms with Crippen molar-refractivity contribution < 1.29 is 28.2 Å². The van der Waals surface area contributed by atoms with Crippen molar-refractivity contribution in [3.05, 3.63) is 30.3 Å². The van der Waals surface area contributed by atoms with Crippen LogP contribution in [0.5, 0.6) is 0 Å². The van der Waals surface area contributed by atoms with Crippen LogP contribution >= 0.6 is 46.6 Å². The molecule has 0 radical (unpaired) electrons. The third-order valence-corrected chi connectivity index (χ3v) is 12.7. The Morgan fingerprint density at radius 3 is 2.29 bits per heavy atom. The van der Waals surface area contributed by atoms with E-state index in [1.54, 1.807) is 0 Å². The molecule has 2 aliphatic rings. The molecular weight excluding hydrogens is 553 g/mol. The van der Waals surface area contributed by atoms with Crippen molar-refractivity contribution in [1.29, 1.82) is 0 Å². The first-order valence-electron chi connectivity index (χ1n) is 11.4. The minimum Gasteiger partial charge on any atom is -0.445 e. The lowest BCUT2D eigenvalue weighted by Gasteiger charge is -2.57. The number of nitrogens with one attached hydrogen (secondary N) is 1. The summed E-state index contributed by atoms with van der Waals surface area (Å²) in [6, 6.07) is 8.72. The average Bonchev–Trinajstić information content (AvgIpc) is 2.73. The van der Waals surface area contributed by atoms with Crippen LogP contribution in [-0.4, -0.2) is 66.6 Å². The van der Waals surface area contributed by atoms with Gasteiger partial charge in [-0.25, -0.2) is 4.79 Å². The molecule has 1 aromatic rings. The maximum absolute atomic E-state index is 12.6. The lowest BCUT2D eigenvalue weighted by molar-refractivity contribution is -0.194. The zero-order valence-electron chi connectivity index (χ0n) is 20.7. The van der Waals surface area contributed by atoms with E-state index in [0.29, 0.717) is 6.61 Å². The van der Waals surface area contributed by atoms with Gasteiger partial charge in [-0.15, -0.1) is 0 Å². The highest BCUT2D eigenvalue weighted by molar-refractivity contribution is 7.99. The summed E-state index contributed by atoms with van der Waals surface area (Å²) in [6.07, 6.45) is -3.12. The normalized spacial score (nSPS) is 29.3. The molecule has 2 aliphatic heterocycles. The van der Waals surface area contributed by atoms with E-state index in [4.69, 9.17) is 53.1 Å². The van der Waals surface area contributed by atoms with Crippen molar-refractivity contribution in [1.82, 2.24) is 5.32 Å². The monoisotopic (exact) mass is 585 g/mol. The molecule has 1 aromatic carbocycles. The first kappa shape index (κ1) is 29.3. The molecule has 198 valence electrons. The highest BCUT2D eigenvalue weighted by Crippen LogP contribution is 2.55. The van der Waals surface area contributed by atoms with Gasteiger partial charge in [0.15, 0.2) is 0 Å². The Hall–Kier alpha value is -0.233. The van der Waals surface area contributed by atoms with E-state index in [0.717, 1.165) is 4.90 Å². The number of hydrogen-bond donors (Lipinski definition) is 2. The molecule has 5 atom stereocenters. The predicted molar refractivity (Wildman–Crippen MR) is 142 cm³/mol. The minimum absolute atomic E-state index is 0.280. The van der Waals surface area contributed by atoms with Crippen molar-refractivity contribution in [3.63, 3.8) is 0 Å². The van der Waals surface area contributed by atoms with Crippen molar-refractivity contribution in [3.8, 4) is 0 Å². The molecule has 2 saturated heterocycles. The SMILES string of the molecule is CC(C)(C)[Si]1(C(C)(C)C)OC[C@H]2O[C@H](Sc3ccccc3)[C@H](NC(=O)OCC(Cl)(Cl)Cl)[C@@H](O)[C@H]2O1. The number of rotatable bonds is 4. The largest absolute Gasteiger partial charge is 0.445 e. The summed E-state index contributed by atoms with van der Waals surface area (Å²) in [6.45, 7) is 12.4. The van der Waals surface area contributed by atoms with Crippen LogP contribution in [0.4, 0.5) is 4.79 Å². The Balaban J connectivity index is 1.88. The summed E-state index contributed by atoms with van der Waals surface area (Å²) in [7, 11) is -2.88. The molecule has 35 heavy (non-hydrogen) atoms. The summed E-state index contributed by atoms with van der Waals surface area (Å²) in [5, 5.41) is 13.7. The fourth-order valence-corrected chi connectivity index (χ4v) is 11.0. The smallest absolute Gasteiger partial charge is 0.407 e. The standard InChI is InChI=1S/C23H34Cl3NO6SSi/c1-21(2,3)35(22(4,5)6)31-12-15-18(33-35)17(28)16(27-20(29)30-13-23(24,25)26)19(32-15)34-14-10-8-7-9-11-14/h7-11,15-19,28H,12-13H2,1-6H3,(H,27,29)/t15-,16-,17-,18+,19-/m1/s1. The Bertz CT molecular complexity index is 863. The quantitative estimate of drug-likeness (QED) is 0.341. The average molecular weight is 587 g/mol. The Labute approximate surface area is 227 Å². The minimum atomic E-state index is -2.88. The van der Waals surface area contributed by atoms with E-state index in [1.165, 1.54) is 11.8 Å². The number of alkyl carbamates (subject to hydrolysis) is 1. The molecule has 0 aliphatic carbocycles. The highest BCUT2D eigenvalue weighted by Gasteiger charge is 2.64. The van der Waals surface area contributed by atoms with Gasteiger partial charge >= 0.3 is 14.7 Å². The van der Waals surface area contributed by atoms with Crippen LogP contribution in [0, 0.1) is 0 Å². The van der Waals surface area contributed by atoms with Gasteiger partial charge in [0.05, 0.1) is 12.6 Å². The molecule has 2 N–H and O–H groups in total. The topological polar surface area (TPSA) is 86.3 Å². The van der Waals surface area contributed by atoms with Gasteiger partial charge in [0, 0.05) is 15.0 Å². The number of ether oxygens (including phenoxy) is 2. The zero-order chi connectivity index (χ0) is 26.2. The molecular formula is C23H34Cl3NO6SSi. The summed E-state index contributed by atoms with van der Waals surface area (Å²) in [5.41, 5.74) is -0.639. The van der Waals surface area contributed by atoms with E-state index < -0.39 is 54.8 Å². The van der Waals surface area contributed by atoms with Crippen LogP contribution < -0.4 is 5.32 Å². The van der Waals surface area contributed by atoms with Crippen LogP contribution in [0.15, 0.2) is 35.2 Å². The number of carbonyl (C=O) groups is 1. The Kier molecular flexibility index (Phi) is 9.10. The number of carbonyl (C=O) groups excluding carboxylic acids is 1. The Morgan fingerprint density at radius 1 is 1.14 bits per heavy atom. The number of hydrogen-bond acceptors (Lipinski definition) is 7. The van der Waals surface area contributed by atoms with Crippen LogP contribution in [0.2, 0.25) is 10.1 Å². The third-order valence-electron chi connectivity index (χ3n) is 6.05. The molecule has 3 rings (SSSR count). The number of aliphatic hydroxyl groups excluding tert-OH is 1. The number of thioether (sulfide) groups is 1. The van der Waals surface area contributed by atoms with Gasteiger partial charge in [-0.1, -0.05) is 106 Å². The third kappa shape index (κ3) is 6.80. The van der Waals surface area contributed by atoms with Crippen LogP contribution in [0.25, 0.3) is 0 Å². The van der Waals surface area contributed by atoms with Crippen molar-refractivity contribution >= 4 is 61.2 Å². The highest BCUT2D eigenvalue weighted by atomic mass is 35.6. The second-order valence-corrected chi connectivity index (χ2v) is 19.3. The van der Waals surface area contributed by atoms with Gasteiger partial charge in [-0.3, -0.25) is 0 Å². The Morgan fingerprint density at radius 2 is 1.74 bits per heavy atom. The molecule has 0 unspecified atom stereocenters. The molecule has 2 heterocycles. The van der Waals surface area contributed by atoms with Gasteiger partial charge in [0.1, 0.15) is 30.4 Å². The molecule has 0 spiro atoms. The molecule has 0 bridgehead atoms. The molecule has 1 amide bonds. The first-order valence-corrected chi connectivity index (χ1v) is 15.2. The van der Waals surface area contributed by atoms with Crippen molar-refractivity contribution in [2.45, 2.75) is 90.1 Å². The number of fused-ring (bicyclic) bond motifs is 1. The van der Waals surface area contributed by atoms with Gasteiger partial charge in [-0.05, 0) is 12.1 Å². The fraction of sp³-hybridized carbons (Fsp3) is 0.696. The predicted octanol–water partition coefficient (Wildman–Crippen LogP) is 5.79. The number of amides is 1. The number of aliphatic hydroxyl groups is 1. The summed E-state index contributed by atoms with van der Waals surface area (Å²) < 4.78 is 22.9. The molecule has 0 aromatic heterocycles. The van der Waals surface area contributed by atoms with Gasteiger partial charge in [0.25, 0.3) is 0 Å². The van der Waals surface area contributed by atoms with E-state index in [1.807, 2.05) is 30.3 Å². The van der Waals surface area contributed by atoms with Crippen molar-refractivity contribution in [2.24, 2.45) is 0 Å². The first-order chi connectivity index (χ1) is 16.0. The number of benzene rings is 1. The molecule has 12 heteroatoms. The molecule has 2 fully saturated rings. The van der Waals surface area contributed by atoms with E-state index >= 15 is 0 Å². The molecule has 7 nitrogen and oxygen atoms in total. The van der Waals surface area contributed by atoms with Crippen LogP contribution in [0.1, 0.15) is 41.5 Å². The van der Waals surface area contributed by atoms with Gasteiger partial charge < -0.3 is 28.7 Å². The number of halogens is 3. The lowest BCUT2D eigenvalue weighted by atomic mass is 9.98. The lowest BCUT2D eigenvalue weighted by Crippen LogP contribution is -2.72. The summed E-state index contributed by atoms with van der Waals surface area (Å²) >= 11 is 18.5. The van der Waals surface area contributed by atoms with Crippen molar-refractivity contribution in [2.75, 3.05) is 13.2 Å². The van der Waals surface area contributed by atoms with E-state index in [2.05, 4.69) is 46.9 Å². The van der Waals surface area contributed by atoms with Gasteiger partial charge in [-0.2, -0.15) is 0 Å². The second kappa shape index (κ2) is 10.9. The molecule has 0 saturated carbocycles. The van der Waals surface area contributed by atoms with Gasteiger partial charge in [0.2, 0.25) is 3.79 Å². The van der Waals surface area contributed by atoms with E-state index in [9.17, 15) is 9.90 Å². The van der Waals surface area contributed by atoms with E-state index in [-0.39, 0.29) is 10.1 Å². The summed E-state index contributed by atoms with van der Waals surface area (Å²) in [5.74, 6) is 0.